The van der Waals surface area contributed by atoms with Crippen LogP contribution in [0.4, 0.5) is 4.39 Å². The van der Waals surface area contributed by atoms with E-state index in [1.165, 1.54) is 7.11 Å². The largest absolute Gasteiger partial charge is 0.480 e. The molecule has 0 aromatic rings. The van der Waals surface area contributed by atoms with Gasteiger partial charge in [0.05, 0.1) is 30.8 Å². The number of methoxy groups -OCH3 is 2. The molecule has 2 rings (SSSR count). The van der Waals surface area contributed by atoms with E-state index in [0.29, 0.717) is 37.5 Å². The number of alkyl halides is 1. The van der Waals surface area contributed by atoms with E-state index in [1.807, 2.05) is 20.8 Å². The van der Waals surface area contributed by atoms with E-state index in [9.17, 15) is 0 Å². The maximum absolute atomic E-state index is 16.3. The van der Waals surface area contributed by atoms with Gasteiger partial charge in [0.2, 0.25) is 18.6 Å². The molecule has 0 spiro atoms. The minimum atomic E-state index is -1.58. The number of ether oxygens (including phenoxy) is 3. The second-order valence-electron chi connectivity index (χ2n) is 7.53. The van der Waals surface area contributed by atoms with Gasteiger partial charge in [-0.1, -0.05) is 6.92 Å². The van der Waals surface area contributed by atoms with Crippen LogP contribution in [0.3, 0.4) is 0 Å². The Morgan fingerprint density at radius 1 is 1.37 bits per heavy atom. The van der Waals surface area contributed by atoms with E-state index >= 15 is 4.39 Å². The van der Waals surface area contributed by atoms with Crippen molar-refractivity contribution in [3.05, 3.63) is 0 Å². The molecule has 2 aliphatic rings. The van der Waals surface area contributed by atoms with Crippen LogP contribution < -0.4 is 5.73 Å². The first kappa shape index (κ1) is 21.8. The van der Waals surface area contributed by atoms with Gasteiger partial charge < -0.3 is 19.9 Å². The number of nitrogens with zero attached hydrogens (tertiary/aromatic N) is 3. The lowest BCUT2D eigenvalue weighted by Crippen LogP contribution is -2.58. The zero-order valence-corrected chi connectivity index (χ0v) is 17.2. The molecule has 0 amide bonds. The van der Waals surface area contributed by atoms with Crippen molar-refractivity contribution >= 4 is 24.3 Å². The number of hydrogen-bond donors (Lipinski definition) is 1. The maximum Gasteiger partial charge on any atom is 0.247 e. The summed E-state index contributed by atoms with van der Waals surface area (Å²) in [5.74, 6) is -0.427. The highest BCUT2D eigenvalue weighted by Gasteiger charge is 2.55. The van der Waals surface area contributed by atoms with Crippen molar-refractivity contribution in [1.29, 1.82) is 0 Å². The zero-order valence-electron chi connectivity index (χ0n) is 17.2. The number of fused-ring (bicyclic) bond motifs is 1. The number of aliphatic imine (C=N–C) groups is 3. The van der Waals surface area contributed by atoms with Crippen molar-refractivity contribution in [3.63, 3.8) is 0 Å². The third kappa shape index (κ3) is 4.69. The van der Waals surface area contributed by atoms with Gasteiger partial charge in [-0.25, -0.2) is 4.99 Å². The fraction of sp³-hybridized carbons (Fsp3) is 0.833. The second-order valence-corrected chi connectivity index (χ2v) is 7.53. The summed E-state index contributed by atoms with van der Waals surface area (Å²) in [6.07, 6.45) is 1.46. The van der Waals surface area contributed by atoms with Crippen molar-refractivity contribution in [2.75, 3.05) is 27.3 Å². The number of hydrogen-bond acceptors (Lipinski definition) is 7. The highest BCUT2D eigenvalue weighted by molar-refractivity contribution is 6.75. The van der Waals surface area contributed by atoms with Gasteiger partial charge in [-0.3, -0.25) is 9.38 Å². The SMILES string of the molecule is CCC(OC)[C@@H](CCOC(C)C)[C@@](C)(F)B1CN=C2C(OC)=NC(N)=NC12. The van der Waals surface area contributed by atoms with Gasteiger partial charge in [-0.2, -0.15) is 4.99 Å². The molecule has 0 aliphatic carbocycles. The Kier molecular flexibility index (Phi) is 7.39. The lowest BCUT2D eigenvalue weighted by molar-refractivity contribution is -0.0225. The second kappa shape index (κ2) is 9.14. The van der Waals surface area contributed by atoms with Crippen molar-refractivity contribution in [1.82, 2.24) is 0 Å². The molecule has 27 heavy (non-hydrogen) atoms. The van der Waals surface area contributed by atoms with Crippen molar-refractivity contribution in [2.24, 2.45) is 26.6 Å². The van der Waals surface area contributed by atoms with E-state index in [0.717, 1.165) is 0 Å². The first-order valence-corrected chi connectivity index (χ1v) is 9.60. The molecule has 0 bridgehead atoms. The maximum atomic E-state index is 16.3. The van der Waals surface area contributed by atoms with Gasteiger partial charge in [-0.15, -0.1) is 0 Å². The minimum absolute atomic E-state index is 0.0944. The van der Waals surface area contributed by atoms with Gasteiger partial charge in [0.15, 0.2) is 0 Å². The minimum Gasteiger partial charge on any atom is -0.480 e. The molecule has 0 fully saturated rings. The molecule has 0 aromatic carbocycles. The Hall–Kier alpha value is -1.48. The Morgan fingerprint density at radius 3 is 2.63 bits per heavy atom. The van der Waals surface area contributed by atoms with E-state index < -0.39 is 18.2 Å². The summed E-state index contributed by atoms with van der Waals surface area (Å²) in [6, 6.07) is 0. The van der Waals surface area contributed by atoms with Crippen LogP contribution >= 0.6 is 0 Å². The number of guanidine groups is 1. The van der Waals surface area contributed by atoms with E-state index in [1.54, 1.807) is 14.0 Å². The Balaban J connectivity index is 2.26. The van der Waals surface area contributed by atoms with Crippen molar-refractivity contribution in [2.45, 2.75) is 64.3 Å². The summed E-state index contributed by atoms with van der Waals surface area (Å²) in [4.78, 5) is 12.9. The van der Waals surface area contributed by atoms with Crippen LogP contribution in [0.2, 0.25) is 0 Å². The monoisotopic (exact) mass is 382 g/mol. The molecule has 0 radical (unpaired) electrons. The van der Waals surface area contributed by atoms with Crippen molar-refractivity contribution < 1.29 is 18.6 Å². The van der Waals surface area contributed by atoms with Crippen LogP contribution in [0.25, 0.3) is 0 Å². The van der Waals surface area contributed by atoms with E-state index in [-0.39, 0.29) is 24.1 Å². The normalized spacial score (nSPS) is 23.9. The van der Waals surface area contributed by atoms with E-state index in [4.69, 9.17) is 19.9 Å². The number of halogens is 1. The third-order valence-corrected chi connectivity index (χ3v) is 5.50. The molecule has 152 valence electrons. The van der Waals surface area contributed by atoms with Gasteiger partial charge in [0, 0.05) is 26.1 Å². The van der Waals surface area contributed by atoms with Crippen LogP contribution in [0.15, 0.2) is 15.0 Å². The third-order valence-electron chi connectivity index (χ3n) is 5.50. The van der Waals surface area contributed by atoms with Gasteiger partial charge in [-0.05, 0) is 33.6 Å². The number of rotatable bonds is 9. The smallest absolute Gasteiger partial charge is 0.247 e. The number of nitrogens with two attached hydrogens (primary N) is 1. The average molecular weight is 382 g/mol. The molecule has 7 nitrogen and oxygen atoms in total. The predicted octanol–water partition coefficient (Wildman–Crippen LogP) is 1.88. The first-order valence-electron chi connectivity index (χ1n) is 9.60. The molecular weight excluding hydrogens is 350 g/mol. The Morgan fingerprint density at radius 2 is 2.07 bits per heavy atom. The lowest BCUT2D eigenvalue weighted by Gasteiger charge is -2.39. The molecule has 0 saturated heterocycles. The lowest BCUT2D eigenvalue weighted by atomic mass is 9.33. The highest BCUT2D eigenvalue weighted by atomic mass is 19.1. The molecule has 0 saturated carbocycles. The molecule has 4 atom stereocenters. The van der Waals surface area contributed by atoms with Gasteiger partial charge in [0.25, 0.3) is 0 Å². The Bertz CT molecular complexity index is 605. The molecule has 0 aromatic heterocycles. The first-order chi connectivity index (χ1) is 12.8. The van der Waals surface area contributed by atoms with Crippen LogP contribution in [0.1, 0.15) is 40.5 Å². The summed E-state index contributed by atoms with van der Waals surface area (Å²) >= 11 is 0. The predicted molar refractivity (Wildman–Crippen MR) is 108 cm³/mol. The molecule has 9 heteroatoms. The summed E-state index contributed by atoms with van der Waals surface area (Å²) in [5, 5.41) is 0. The summed E-state index contributed by atoms with van der Waals surface area (Å²) in [7, 11) is 3.13. The van der Waals surface area contributed by atoms with E-state index in [2.05, 4.69) is 15.0 Å². The fourth-order valence-corrected chi connectivity index (χ4v) is 4.05. The molecule has 2 N–H and O–H groups in total. The average Bonchev–Trinajstić information content (AvgIpc) is 3.04. The quantitative estimate of drug-likeness (QED) is 0.617. The molecular formula is C18H32BFN4O3. The Labute approximate surface area is 161 Å². The van der Waals surface area contributed by atoms with Crippen molar-refractivity contribution in [3.8, 4) is 0 Å². The summed E-state index contributed by atoms with van der Waals surface area (Å²) in [6.45, 7) is 7.59. The highest BCUT2D eigenvalue weighted by Crippen LogP contribution is 2.37. The van der Waals surface area contributed by atoms with Gasteiger partial charge >= 0.3 is 0 Å². The molecule has 2 heterocycles. The topological polar surface area (TPSA) is 90.8 Å². The van der Waals surface area contributed by atoms with Crippen LogP contribution in [0, 0.1) is 5.92 Å². The van der Waals surface area contributed by atoms with Crippen LogP contribution in [0.5, 0.6) is 0 Å². The standard InChI is InChI=1S/C18H32BFN4O3/c1-7-13(25-5)12(8-9-27-11(2)3)18(4,20)19-10-22-14-15(19)23-17(21)24-16(14)26-6/h11-13,15H,7-10H2,1-6H3,(H2,21,23)/t12-,13?,15?,18-/m1/s1. The molecule has 2 aliphatic heterocycles. The van der Waals surface area contributed by atoms with Crippen LogP contribution in [-0.2, 0) is 14.2 Å². The van der Waals surface area contributed by atoms with Crippen LogP contribution in [-0.4, -0.2) is 75.3 Å². The summed E-state index contributed by atoms with van der Waals surface area (Å²) in [5.41, 5.74) is 4.82. The summed E-state index contributed by atoms with van der Waals surface area (Å²) < 4.78 is 32.9. The molecule has 2 unspecified atom stereocenters. The van der Waals surface area contributed by atoms with Gasteiger partial charge in [0.1, 0.15) is 5.71 Å². The zero-order chi connectivity index (χ0) is 20.2. The fourth-order valence-electron chi connectivity index (χ4n) is 4.05.